The second kappa shape index (κ2) is 13.1. The summed E-state index contributed by atoms with van der Waals surface area (Å²) in [6, 6.07) is 4.37. The van der Waals surface area contributed by atoms with Crippen LogP contribution in [0.25, 0.3) is 0 Å². The molecule has 0 radical (unpaired) electrons. The molecule has 0 amide bonds. The van der Waals surface area contributed by atoms with Gasteiger partial charge in [-0.1, -0.05) is 35.5 Å². The zero-order valence-corrected chi connectivity index (χ0v) is 18.8. The van der Waals surface area contributed by atoms with Gasteiger partial charge < -0.3 is 24.9 Å². The molecule has 7 nitrogen and oxygen atoms in total. The molecule has 1 saturated carbocycles. The van der Waals surface area contributed by atoms with E-state index < -0.39 is 29.9 Å². The van der Waals surface area contributed by atoms with Gasteiger partial charge in [-0.05, 0) is 37.5 Å². The lowest BCUT2D eigenvalue weighted by molar-refractivity contribution is -0.140. The van der Waals surface area contributed by atoms with Crippen LogP contribution in [0, 0.1) is 11.8 Å². The van der Waals surface area contributed by atoms with Crippen LogP contribution in [0.2, 0.25) is 0 Å². The van der Waals surface area contributed by atoms with Crippen LogP contribution in [-0.2, 0) is 15.7 Å². The minimum atomic E-state index is -4.49. The Morgan fingerprint density at radius 1 is 1.32 bits per heavy atom. The number of halogens is 3. The van der Waals surface area contributed by atoms with Crippen molar-refractivity contribution in [3.8, 4) is 5.75 Å². The standard InChI is InChI=1S/C24H30F3NO6/c1-33-23(31)10-5-3-2-4-9-20-19(21(28-32)14-22(20)30)12-11-17(29)15-34-18-8-6-7-16(13-18)24(25,26)27/h2,4,6-8,11-13,17,19-20,22,29-30,32H,3,5,9-10,14-15H2,1H3/b4-2-,12-11+,28-21-/t17-,19?,20-,22+/m1/s1. The number of benzene rings is 1. The third-order valence-corrected chi connectivity index (χ3v) is 5.56. The Bertz CT molecular complexity index is 884. The number of oxime groups is 1. The summed E-state index contributed by atoms with van der Waals surface area (Å²) in [5.41, 5.74) is -0.473. The second-order valence-corrected chi connectivity index (χ2v) is 8.02. The number of methoxy groups -OCH3 is 1. The Morgan fingerprint density at radius 2 is 2.09 bits per heavy atom. The summed E-state index contributed by atoms with van der Waals surface area (Å²) in [5.74, 6) is -1.01. The average Bonchev–Trinajstić information content (AvgIpc) is 3.12. The molecule has 1 fully saturated rings. The molecular formula is C24H30F3NO6. The SMILES string of the molecule is COC(=O)CCC/C=C\C[C@@H]1C(/C=C/[C@@H](O)COc2cccc(C(F)(F)F)c2)/C(=N\O)C[C@@H]1O. The molecule has 0 saturated heterocycles. The number of hydrogen-bond donors (Lipinski definition) is 3. The third kappa shape index (κ3) is 8.49. The molecule has 1 unspecified atom stereocenters. The molecule has 0 heterocycles. The van der Waals surface area contributed by atoms with Gasteiger partial charge in [-0.15, -0.1) is 0 Å². The van der Waals surface area contributed by atoms with Crippen LogP contribution in [0.4, 0.5) is 13.2 Å². The van der Waals surface area contributed by atoms with E-state index in [1.165, 1.54) is 25.3 Å². The first-order valence-corrected chi connectivity index (χ1v) is 10.9. The molecule has 1 aliphatic rings. The number of rotatable bonds is 11. The van der Waals surface area contributed by atoms with Gasteiger partial charge in [-0.25, -0.2) is 0 Å². The summed E-state index contributed by atoms with van der Waals surface area (Å²) in [5, 5.41) is 33.1. The largest absolute Gasteiger partial charge is 0.491 e. The highest BCUT2D eigenvalue weighted by atomic mass is 19.4. The zero-order valence-electron chi connectivity index (χ0n) is 18.8. The number of aliphatic hydroxyl groups excluding tert-OH is 2. The normalized spacial score (nSPS) is 23.1. The van der Waals surface area contributed by atoms with Gasteiger partial charge in [0.15, 0.2) is 0 Å². The van der Waals surface area contributed by atoms with E-state index in [4.69, 9.17) is 4.74 Å². The lowest BCUT2D eigenvalue weighted by Gasteiger charge is -2.18. The highest BCUT2D eigenvalue weighted by Gasteiger charge is 2.38. The van der Waals surface area contributed by atoms with E-state index in [2.05, 4.69) is 9.89 Å². The van der Waals surface area contributed by atoms with Crippen molar-refractivity contribution in [2.24, 2.45) is 17.0 Å². The van der Waals surface area contributed by atoms with E-state index >= 15 is 0 Å². The fraction of sp³-hybridized carbons (Fsp3) is 0.500. The molecule has 0 bridgehead atoms. The van der Waals surface area contributed by atoms with E-state index in [-0.39, 0.29) is 30.7 Å². The Hall–Kier alpha value is -2.85. The summed E-state index contributed by atoms with van der Waals surface area (Å²) in [6.45, 7) is -0.274. The molecule has 4 atom stereocenters. The number of carbonyl (C=O) groups excluding carboxylic acids is 1. The van der Waals surface area contributed by atoms with E-state index in [1.54, 1.807) is 6.08 Å². The van der Waals surface area contributed by atoms with Crippen LogP contribution in [-0.4, -0.2) is 53.0 Å². The fourth-order valence-corrected chi connectivity index (χ4v) is 3.74. The molecule has 34 heavy (non-hydrogen) atoms. The van der Waals surface area contributed by atoms with Crippen LogP contribution in [0.1, 0.15) is 37.7 Å². The van der Waals surface area contributed by atoms with Crippen molar-refractivity contribution in [1.29, 1.82) is 0 Å². The van der Waals surface area contributed by atoms with Gasteiger partial charge in [-0.3, -0.25) is 4.79 Å². The molecule has 0 aromatic heterocycles. The predicted octanol–water partition coefficient (Wildman–Crippen LogP) is 4.12. The smallest absolute Gasteiger partial charge is 0.416 e. The number of alkyl halides is 3. The molecule has 0 spiro atoms. The highest BCUT2D eigenvalue weighted by molar-refractivity contribution is 5.90. The van der Waals surface area contributed by atoms with Gasteiger partial charge in [-0.2, -0.15) is 13.2 Å². The first-order valence-electron chi connectivity index (χ1n) is 10.9. The molecule has 1 aromatic carbocycles. The van der Waals surface area contributed by atoms with Crippen molar-refractivity contribution in [3.63, 3.8) is 0 Å². The summed E-state index contributed by atoms with van der Waals surface area (Å²) >= 11 is 0. The number of carbonyl (C=O) groups is 1. The number of unbranched alkanes of at least 4 members (excludes halogenated alkanes) is 1. The van der Waals surface area contributed by atoms with Gasteiger partial charge in [0.25, 0.3) is 0 Å². The average molecular weight is 485 g/mol. The molecule has 2 rings (SSSR count). The first kappa shape index (κ1) is 27.4. The van der Waals surface area contributed by atoms with Crippen LogP contribution in [0.3, 0.4) is 0 Å². The molecular weight excluding hydrogens is 455 g/mol. The van der Waals surface area contributed by atoms with E-state index in [0.29, 0.717) is 31.4 Å². The van der Waals surface area contributed by atoms with E-state index in [1.807, 2.05) is 12.2 Å². The molecule has 10 heteroatoms. The van der Waals surface area contributed by atoms with E-state index in [9.17, 15) is 33.4 Å². The van der Waals surface area contributed by atoms with Crippen LogP contribution in [0.15, 0.2) is 53.7 Å². The Kier molecular flexibility index (Phi) is 10.6. The van der Waals surface area contributed by atoms with Gasteiger partial charge in [0.2, 0.25) is 0 Å². The second-order valence-electron chi connectivity index (χ2n) is 8.02. The number of hydrogen-bond acceptors (Lipinski definition) is 7. The molecule has 1 aromatic rings. The monoisotopic (exact) mass is 485 g/mol. The third-order valence-electron chi connectivity index (χ3n) is 5.56. The maximum absolute atomic E-state index is 12.8. The lowest BCUT2D eigenvalue weighted by Crippen LogP contribution is -2.20. The number of aliphatic hydroxyl groups is 2. The van der Waals surface area contributed by atoms with E-state index in [0.717, 1.165) is 12.1 Å². The Morgan fingerprint density at radius 3 is 2.76 bits per heavy atom. The number of esters is 1. The molecule has 3 N–H and O–H groups in total. The first-order chi connectivity index (χ1) is 16.2. The predicted molar refractivity (Wildman–Crippen MR) is 119 cm³/mol. The van der Waals surface area contributed by atoms with Crippen LogP contribution < -0.4 is 4.74 Å². The maximum atomic E-state index is 12.8. The summed E-state index contributed by atoms with van der Waals surface area (Å²) < 4.78 is 48.3. The van der Waals surface area contributed by atoms with Crippen molar-refractivity contribution in [2.75, 3.05) is 13.7 Å². The fourth-order valence-electron chi connectivity index (χ4n) is 3.74. The molecule has 1 aliphatic carbocycles. The molecule has 188 valence electrons. The number of nitrogens with zero attached hydrogens (tertiary/aromatic N) is 1. The van der Waals surface area contributed by atoms with Crippen molar-refractivity contribution < 1.29 is 42.9 Å². The zero-order chi connectivity index (χ0) is 25.1. The van der Waals surface area contributed by atoms with Crippen LogP contribution in [0.5, 0.6) is 5.75 Å². The van der Waals surface area contributed by atoms with Gasteiger partial charge in [0, 0.05) is 24.7 Å². The quantitative estimate of drug-likeness (QED) is 0.143. The van der Waals surface area contributed by atoms with Gasteiger partial charge in [0.05, 0.1) is 24.5 Å². The lowest BCUT2D eigenvalue weighted by atomic mass is 9.90. The number of ether oxygens (including phenoxy) is 2. The summed E-state index contributed by atoms with van der Waals surface area (Å²) in [6.07, 6.45) is 2.77. The van der Waals surface area contributed by atoms with Gasteiger partial charge >= 0.3 is 12.1 Å². The van der Waals surface area contributed by atoms with Gasteiger partial charge in [0.1, 0.15) is 18.5 Å². The minimum absolute atomic E-state index is 0.0219. The van der Waals surface area contributed by atoms with Crippen molar-refractivity contribution >= 4 is 11.7 Å². The van der Waals surface area contributed by atoms with Crippen molar-refractivity contribution in [3.05, 3.63) is 54.1 Å². The van der Waals surface area contributed by atoms with Crippen molar-refractivity contribution in [1.82, 2.24) is 0 Å². The number of allylic oxidation sites excluding steroid dienone is 3. The Balaban J connectivity index is 1.92. The van der Waals surface area contributed by atoms with Crippen molar-refractivity contribution in [2.45, 2.75) is 50.5 Å². The summed E-state index contributed by atoms with van der Waals surface area (Å²) in [4.78, 5) is 11.1. The highest BCUT2D eigenvalue weighted by Crippen LogP contribution is 2.34. The minimum Gasteiger partial charge on any atom is -0.491 e. The summed E-state index contributed by atoms with van der Waals surface area (Å²) in [7, 11) is 1.34. The maximum Gasteiger partial charge on any atom is 0.416 e. The topological polar surface area (TPSA) is 109 Å². The van der Waals surface area contributed by atoms with Crippen LogP contribution >= 0.6 is 0 Å². The Labute approximate surface area is 196 Å². The molecule has 0 aliphatic heterocycles.